The lowest BCUT2D eigenvalue weighted by Crippen LogP contribution is -2.42. The number of aryl methyl sites for hydroxylation is 3. The quantitative estimate of drug-likeness (QED) is 0.305. The summed E-state index contributed by atoms with van der Waals surface area (Å²) in [4.78, 5) is 25.8. The smallest absolute Gasteiger partial charge is 0.339 e. The van der Waals surface area contributed by atoms with Gasteiger partial charge in [0.2, 0.25) is 10.0 Å². The molecule has 1 N–H and O–H groups in total. The van der Waals surface area contributed by atoms with Crippen LogP contribution >= 0.6 is 0 Å². The normalized spacial score (nSPS) is 14.6. The molecule has 1 atom stereocenters. The Labute approximate surface area is 199 Å². The molecule has 180 valence electrons. The second-order valence-electron chi connectivity index (χ2n) is 8.89. The van der Waals surface area contributed by atoms with Crippen LogP contribution in [0.1, 0.15) is 54.9 Å². The van der Waals surface area contributed by atoms with Crippen LogP contribution in [0.3, 0.4) is 0 Å². The third kappa shape index (κ3) is 4.93. The summed E-state index contributed by atoms with van der Waals surface area (Å²) in [5.41, 5.74) is 3.21. The van der Waals surface area contributed by atoms with Gasteiger partial charge in [-0.25, -0.2) is 18.0 Å². The molecule has 0 radical (unpaired) electrons. The molecule has 0 saturated heterocycles. The monoisotopic (exact) mass is 483 g/mol. The van der Waals surface area contributed by atoms with Crippen LogP contribution < -0.4 is 15.1 Å². The zero-order valence-electron chi connectivity index (χ0n) is 19.6. The zero-order chi connectivity index (χ0) is 24.5. The van der Waals surface area contributed by atoms with Crippen LogP contribution in [-0.4, -0.2) is 20.4 Å². The van der Waals surface area contributed by atoms with Crippen molar-refractivity contribution in [2.75, 3.05) is 0 Å². The van der Waals surface area contributed by atoms with Crippen LogP contribution in [0.15, 0.2) is 50.5 Å². The summed E-state index contributed by atoms with van der Waals surface area (Å²) >= 11 is 0. The molecule has 0 bridgehead atoms. The topological polar surface area (TPSA) is 103 Å². The molecule has 1 heterocycles. The van der Waals surface area contributed by atoms with Crippen molar-refractivity contribution in [1.82, 2.24) is 4.72 Å². The summed E-state index contributed by atoms with van der Waals surface area (Å²) < 4.78 is 39.7. The first kappa shape index (κ1) is 24.2. The lowest BCUT2D eigenvalue weighted by molar-refractivity contribution is -0.136. The first-order valence-electron chi connectivity index (χ1n) is 11.6. The lowest BCUT2D eigenvalue weighted by Gasteiger charge is -2.20. The van der Waals surface area contributed by atoms with Gasteiger partial charge in [0.05, 0.1) is 10.3 Å². The van der Waals surface area contributed by atoms with Crippen molar-refractivity contribution in [2.24, 2.45) is 0 Å². The minimum Gasteiger partial charge on any atom is -0.425 e. The molecule has 4 rings (SSSR count). The summed E-state index contributed by atoms with van der Waals surface area (Å²) in [5.74, 6) is -0.405. The number of nitrogens with one attached hydrogen (secondary N) is 1. The first-order valence-corrected chi connectivity index (χ1v) is 13.1. The predicted octanol–water partition coefficient (Wildman–Crippen LogP) is 4.34. The number of rotatable bonds is 7. The largest absolute Gasteiger partial charge is 0.425 e. The van der Waals surface area contributed by atoms with E-state index in [2.05, 4.69) is 4.72 Å². The maximum absolute atomic E-state index is 13.2. The molecule has 0 aliphatic heterocycles. The number of benzene rings is 2. The van der Waals surface area contributed by atoms with Gasteiger partial charge in [0.25, 0.3) is 0 Å². The van der Waals surface area contributed by atoms with Gasteiger partial charge >= 0.3 is 11.6 Å². The van der Waals surface area contributed by atoms with E-state index in [1.54, 1.807) is 24.3 Å². The predicted molar refractivity (Wildman–Crippen MR) is 130 cm³/mol. The second kappa shape index (κ2) is 9.72. The summed E-state index contributed by atoms with van der Waals surface area (Å²) in [6.07, 6.45) is 4.02. The molecule has 0 amide bonds. The van der Waals surface area contributed by atoms with Gasteiger partial charge in [0, 0.05) is 5.56 Å². The lowest BCUT2D eigenvalue weighted by atomic mass is 9.90. The summed E-state index contributed by atoms with van der Waals surface area (Å²) in [6, 6.07) is 8.86. The number of carbonyl (C=O) groups is 1. The number of hydrogen-bond donors (Lipinski definition) is 1. The Kier molecular flexibility index (Phi) is 6.91. The highest BCUT2D eigenvalue weighted by atomic mass is 32.2. The molecule has 1 aliphatic carbocycles. The van der Waals surface area contributed by atoms with Crippen LogP contribution in [0.5, 0.6) is 5.75 Å². The van der Waals surface area contributed by atoms with Crippen LogP contribution in [0.4, 0.5) is 0 Å². The fourth-order valence-electron chi connectivity index (χ4n) is 4.41. The van der Waals surface area contributed by atoms with Gasteiger partial charge in [0.15, 0.2) is 0 Å². The van der Waals surface area contributed by atoms with Crippen molar-refractivity contribution in [3.05, 3.63) is 69.1 Å². The molecular weight excluding hydrogens is 454 g/mol. The third-order valence-corrected chi connectivity index (χ3v) is 7.62. The van der Waals surface area contributed by atoms with E-state index in [-0.39, 0.29) is 22.7 Å². The molecule has 1 aromatic heterocycles. The fraction of sp³-hybridized carbons (Fsp3) is 0.385. The van der Waals surface area contributed by atoms with Gasteiger partial charge in [-0.1, -0.05) is 31.0 Å². The Morgan fingerprint density at radius 3 is 2.41 bits per heavy atom. The third-order valence-electron chi connectivity index (χ3n) is 6.13. The van der Waals surface area contributed by atoms with Crippen molar-refractivity contribution in [2.45, 2.75) is 70.2 Å². The van der Waals surface area contributed by atoms with E-state index in [0.717, 1.165) is 29.5 Å². The van der Waals surface area contributed by atoms with Gasteiger partial charge in [-0.2, -0.15) is 4.72 Å². The highest BCUT2D eigenvalue weighted by molar-refractivity contribution is 7.89. The van der Waals surface area contributed by atoms with E-state index < -0.39 is 22.0 Å². The Morgan fingerprint density at radius 1 is 1.06 bits per heavy atom. The highest BCUT2D eigenvalue weighted by Crippen LogP contribution is 2.35. The summed E-state index contributed by atoms with van der Waals surface area (Å²) in [5, 5.41) is 0.616. The molecule has 0 saturated carbocycles. The Hall–Kier alpha value is -2.97. The number of sulfonamides is 1. The average Bonchev–Trinajstić information content (AvgIpc) is 2.78. The second-order valence-corrected chi connectivity index (χ2v) is 10.6. The highest BCUT2D eigenvalue weighted by Gasteiger charge is 2.28. The van der Waals surface area contributed by atoms with Gasteiger partial charge < -0.3 is 9.15 Å². The van der Waals surface area contributed by atoms with E-state index in [9.17, 15) is 18.0 Å². The van der Waals surface area contributed by atoms with Crippen molar-refractivity contribution in [1.29, 1.82) is 0 Å². The zero-order valence-corrected chi connectivity index (χ0v) is 20.5. The van der Waals surface area contributed by atoms with E-state index in [0.29, 0.717) is 35.8 Å². The number of esters is 1. The van der Waals surface area contributed by atoms with Gasteiger partial charge in [-0.15, -0.1) is 0 Å². The summed E-state index contributed by atoms with van der Waals surface area (Å²) in [6.45, 7) is 5.56. The first-order chi connectivity index (χ1) is 16.2. The van der Waals surface area contributed by atoms with E-state index >= 15 is 0 Å². The van der Waals surface area contributed by atoms with Gasteiger partial charge in [-0.05, 0) is 81.3 Å². The fourth-order valence-corrected chi connectivity index (χ4v) is 5.63. The maximum Gasteiger partial charge on any atom is 0.339 e. The standard InChI is InChI=1S/C26H29NO6S/c1-4-7-21(27-34(30,31)18-12-10-16(2)11-13-18)26(29)33-23-15-17(3)14-22-24(23)19-8-5-6-9-20(19)25(28)32-22/h10-15,21,27H,4-9H2,1-3H3. The average molecular weight is 484 g/mol. The summed E-state index contributed by atoms with van der Waals surface area (Å²) in [7, 11) is -3.92. The molecule has 1 aliphatic rings. The SMILES string of the molecule is CCCC(NS(=O)(=O)c1ccc(C)cc1)C(=O)Oc1cc(C)cc2oc(=O)c3c(c12)CCCC3. The molecule has 34 heavy (non-hydrogen) atoms. The maximum atomic E-state index is 13.2. The Morgan fingerprint density at radius 2 is 1.74 bits per heavy atom. The van der Waals surface area contributed by atoms with E-state index in [1.165, 1.54) is 12.1 Å². The van der Waals surface area contributed by atoms with Gasteiger partial charge in [-0.3, -0.25) is 0 Å². The molecule has 0 spiro atoms. The minimum absolute atomic E-state index is 0.0869. The van der Waals surface area contributed by atoms with Crippen LogP contribution in [0.25, 0.3) is 11.0 Å². The number of carbonyl (C=O) groups excluding carboxylic acids is 1. The van der Waals surface area contributed by atoms with Crippen molar-refractivity contribution in [3.63, 3.8) is 0 Å². The molecule has 0 fully saturated rings. The Bertz CT molecular complexity index is 1390. The van der Waals surface area contributed by atoms with Crippen LogP contribution in [0, 0.1) is 13.8 Å². The van der Waals surface area contributed by atoms with Crippen molar-refractivity contribution >= 4 is 27.0 Å². The molecule has 7 nitrogen and oxygen atoms in total. The molecule has 3 aromatic rings. The van der Waals surface area contributed by atoms with E-state index in [4.69, 9.17) is 9.15 Å². The van der Waals surface area contributed by atoms with Crippen molar-refractivity contribution in [3.8, 4) is 5.75 Å². The minimum atomic E-state index is -3.92. The Balaban J connectivity index is 1.69. The van der Waals surface area contributed by atoms with E-state index in [1.807, 2.05) is 20.8 Å². The number of ether oxygens (including phenoxy) is 1. The molecule has 1 unspecified atom stereocenters. The van der Waals surface area contributed by atoms with Crippen LogP contribution in [-0.2, 0) is 27.7 Å². The number of hydrogen-bond acceptors (Lipinski definition) is 6. The molecule has 8 heteroatoms. The van der Waals surface area contributed by atoms with Crippen LogP contribution in [0.2, 0.25) is 0 Å². The number of fused-ring (bicyclic) bond motifs is 3. The molecule has 2 aromatic carbocycles. The van der Waals surface area contributed by atoms with Gasteiger partial charge in [0.1, 0.15) is 17.4 Å². The molecular formula is C26H29NO6S. The van der Waals surface area contributed by atoms with Crippen molar-refractivity contribution < 1.29 is 22.4 Å².